The average Bonchev–Trinajstić information content (AvgIpc) is 3.55. The molecule has 4 heterocycles. The van der Waals surface area contributed by atoms with Crippen molar-refractivity contribution in [2.75, 3.05) is 26.0 Å². The SMILES string of the molecule is CCS(=O)(=O)N1CC(n2cc(-c3n[nH]c4cc(OC)c(-c5cccc6c5CCC6)nc34)cn2)C1. The minimum Gasteiger partial charge on any atom is -0.494 e. The highest BCUT2D eigenvalue weighted by Gasteiger charge is 2.36. The summed E-state index contributed by atoms with van der Waals surface area (Å²) < 4.78 is 33.1. The molecule has 0 saturated carbocycles. The fraction of sp³-hybridized carbons (Fsp3) is 0.375. The molecule has 2 aliphatic rings. The van der Waals surface area contributed by atoms with E-state index in [0.29, 0.717) is 18.8 Å². The number of rotatable bonds is 6. The Morgan fingerprint density at radius 3 is 2.85 bits per heavy atom. The summed E-state index contributed by atoms with van der Waals surface area (Å²) in [6.45, 7) is 2.55. The average molecular weight is 479 g/mol. The quantitative estimate of drug-likeness (QED) is 0.456. The van der Waals surface area contributed by atoms with Crippen LogP contribution in [-0.2, 0) is 22.9 Å². The summed E-state index contributed by atoms with van der Waals surface area (Å²) in [6.07, 6.45) is 6.99. The van der Waals surface area contributed by atoms with Gasteiger partial charge in [-0.25, -0.2) is 13.4 Å². The monoisotopic (exact) mass is 478 g/mol. The number of aryl methyl sites for hydroxylation is 1. The molecule has 34 heavy (non-hydrogen) atoms. The smallest absolute Gasteiger partial charge is 0.213 e. The van der Waals surface area contributed by atoms with Gasteiger partial charge in [0.25, 0.3) is 0 Å². The van der Waals surface area contributed by atoms with E-state index in [0.717, 1.165) is 52.8 Å². The van der Waals surface area contributed by atoms with Crippen molar-refractivity contribution in [2.24, 2.45) is 0 Å². The molecule has 1 aliphatic heterocycles. The van der Waals surface area contributed by atoms with E-state index in [1.807, 2.05) is 16.9 Å². The number of hydrogen-bond donors (Lipinski definition) is 1. The normalized spacial score (nSPS) is 16.6. The van der Waals surface area contributed by atoms with E-state index in [2.05, 4.69) is 33.5 Å². The third-order valence-corrected chi connectivity index (χ3v) is 8.77. The van der Waals surface area contributed by atoms with Crippen LogP contribution in [0.15, 0.2) is 36.7 Å². The lowest BCUT2D eigenvalue weighted by Crippen LogP contribution is -2.51. The molecule has 9 nitrogen and oxygen atoms in total. The predicted octanol–water partition coefficient (Wildman–Crippen LogP) is 3.19. The summed E-state index contributed by atoms with van der Waals surface area (Å²) in [5.41, 5.74) is 7.78. The van der Waals surface area contributed by atoms with Gasteiger partial charge in [-0.15, -0.1) is 0 Å². The van der Waals surface area contributed by atoms with Crippen LogP contribution in [0.4, 0.5) is 0 Å². The Kier molecular flexibility index (Phi) is 4.96. The van der Waals surface area contributed by atoms with Crippen molar-refractivity contribution in [1.82, 2.24) is 29.3 Å². The summed E-state index contributed by atoms with van der Waals surface area (Å²) in [4.78, 5) is 5.03. The van der Waals surface area contributed by atoms with Crippen LogP contribution in [0, 0.1) is 0 Å². The maximum Gasteiger partial charge on any atom is 0.213 e. The molecular formula is C24H26N6O3S. The molecule has 0 unspecified atom stereocenters. The molecule has 0 atom stereocenters. The van der Waals surface area contributed by atoms with Gasteiger partial charge in [0.2, 0.25) is 10.0 Å². The predicted molar refractivity (Wildman–Crippen MR) is 129 cm³/mol. The van der Waals surface area contributed by atoms with E-state index in [1.165, 1.54) is 15.4 Å². The molecule has 0 radical (unpaired) electrons. The summed E-state index contributed by atoms with van der Waals surface area (Å²) >= 11 is 0. The fourth-order valence-electron chi connectivity index (χ4n) is 4.97. The summed E-state index contributed by atoms with van der Waals surface area (Å²) in [7, 11) is -1.49. The van der Waals surface area contributed by atoms with Crippen LogP contribution < -0.4 is 4.74 Å². The molecule has 176 valence electrons. The lowest BCUT2D eigenvalue weighted by Gasteiger charge is -2.37. The van der Waals surface area contributed by atoms with Crippen LogP contribution in [0.2, 0.25) is 0 Å². The molecule has 6 rings (SSSR count). The molecule has 1 aromatic carbocycles. The second kappa shape index (κ2) is 7.92. The number of hydrogen-bond acceptors (Lipinski definition) is 6. The van der Waals surface area contributed by atoms with Gasteiger partial charge < -0.3 is 4.74 Å². The van der Waals surface area contributed by atoms with Gasteiger partial charge in [0.15, 0.2) is 0 Å². The van der Waals surface area contributed by atoms with Crippen molar-refractivity contribution >= 4 is 21.1 Å². The van der Waals surface area contributed by atoms with Gasteiger partial charge in [0, 0.05) is 36.5 Å². The number of aromatic amines is 1. The summed E-state index contributed by atoms with van der Waals surface area (Å²) in [5, 5.41) is 12.1. The number of pyridine rings is 1. The number of H-pyrrole nitrogens is 1. The van der Waals surface area contributed by atoms with E-state index >= 15 is 0 Å². The fourth-order valence-corrected chi connectivity index (χ4v) is 6.14. The lowest BCUT2D eigenvalue weighted by atomic mass is 9.99. The maximum atomic E-state index is 12.0. The number of sulfonamides is 1. The second-order valence-corrected chi connectivity index (χ2v) is 11.1. The zero-order chi connectivity index (χ0) is 23.4. The first-order chi connectivity index (χ1) is 16.5. The zero-order valence-electron chi connectivity index (χ0n) is 19.2. The van der Waals surface area contributed by atoms with Crippen molar-refractivity contribution < 1.29 is 13.2 Å². The van der Waals surface area contributed by atoms with Gasteiger partial charge in [-0.05, 0) is 37.3 Å². The van der Waals surface area contributed by atoms with E-state index in [-0.39, 0.29) is 11.8 Å². The minimum atomic E-state index is -3.16. The first-order valence-corrected chi connectivity index (χ1v) is 13.2. The number of methoxy groups -OCH3 is 1. The number of ether oxygens (including phenoxy) is 1. The first-order valence-electron chi connectivity index (χ1n) is 11.5. The Morgan fingerprint density at radius 1 is 1.21 bits per heavy atom. The third kappa shape index (κ3) is 3.32. The van der Waals surface area contributed by atoms with Crippen molar-refractivity contribution in [3.05, 3.63) is 47.8 Å². The largest absolute Gasteiger partial charge is 0.494 e. The summed E-state index contributed by atoms with van der Waals surface area (Å²) in [5.74, 6) is 0.830. The van der Waals surface area contributed by atoms with Gasteiger partial charge in [0.1, 0.15) is 22.7 Å². The van der Waals surface area contributed by atoms with Crippen molar-refractivity contribution in [3.8, 4) is 28.3 Å². The number of nitrogens with zero attached hydrogens (tertiary/aromatic N) is 5. The van der Waals surface area contributed by atoms with Crippen molar-refractivity contribution in [1.29, 1.82) is 0 Å². The zero-order valence-corrected chi connectivity index (χ0v) is 20.0. The number of nitrogens with one attached hydrogen (secondary N) is 1. The molecule has 1 aliphatic carbocycles. The molecule has 10 heteroatoms. The maximum absolute atomic E-state index is 12.0. The Bertz CT molecular complexity index is 1500. The summed E-state index contributed by atoms with van der Waals surface area (Å²) in [6, 6.07) is 8.38. The highest BCUT2D eigenvalue weighted by atomic mass is 32.2. The van der Waals surface area contributed by atoms with Crippen LogP contribution in [0.5, 0.6) is 5.75 Å². The molecule has 0 spiro atoms. The Labute approximate surface area is 197 Å². The molecule has 0 bridgehead atoms. The molecule has 4 aromatic rings. The Morgan fingerprint density at radius 2 is 2.06 bits per heavy atom. The van der Waals surface area contributed by atoms with E-state index in [4.69, 9.17) is 9.72 Å². The molecule has 1 saturated heterocycles. The Balaban J connectivity index is 1.37. The van der Waals surface area contributed by atoms with Gasteiger partial charge in [0.05, 0.1) is 30.6 Å². The highest BCUT2D eigenvalue weighted by Crippen LogP contribution is 2.39. The van der Waals surface area contributed by atoms with Crippen LogP contribution in [0.25, 0.3) is 33.5 Å². The minimum absolute atomic E-state index is 0.0239. The van der Waals surface area contributed by atoms with E-state index < -0.39 is 10.0 Å². The first kappa shape index (κ1) is 21.3. The van der Waals surface area contributed by atoms with Crippen LogP contribution in [-0.4, -0.2) is 63.6 Å². The molecule has 1 N–H and O–H groups in total. The van der Waals surface area contributed by atoms with Crippen LogP contribution in [0.3, 0.4) is 0 Å². The van der Waals surface area contributed by atoms with Crippen LogP contribution in [0.1, 0.15) is 30.5 Å². The van der Waals surface area contributed by atoms with Crippen molar-refractivity contribution in [2.45, 2.75) is 32.2 Å². The number of benzene rings is 1. The van der Waals surface area contributed by atoms with Gasteiger partial charge in [-0.1, -0.05) is 18.2 Å². The molecule has 1 fully saturated rings. The number of fused-ring (bicyclic) bond motifs is 2. The third-order valence-electron chi connectivity index (χ3n) is 6.96. The standard InChI is InChI=1S/C24H26N6O3S/c1-3-34(31,32)29-13-17(14-29)30-12-16(11-25-30)22-24-20(27-28-22)10-21(33-2)23(26-24)19-9-5-7-15-6-4-8-18(15)19/h5,7,9-12,17H,3-4,6,8,13-14H2,1-2H3,(H,27,28). The highest BCUT2D eigenvalue weighted by molar-refractivity contribution is 7.89. The Hall–Kier alpha value is -3.24. The topological polar surface area (TPSA) is 106 Å². The van der Waals surface area contributed by atoms with Gasteiger partial charge in [-0.3, -0.25) is 9.78 Å². The molecular weight excluding hydrogens is 452 g/mol. The van der Waals surface area contributed by atoms with Crippen LogP contribution >= 0.6 is 0 Å². The molecule has 0 amide bonds. The van der Waals surface area contributed by atoms with Gasteiger partial charge in [-0.2, -0.15) is 14.5 Å². The van der Waals surface area contributed by atoms with E-state index in [1.54, 1.807) is 20.2 Å². The van der Waals surface area contributed by atoms with Crippen molar-refractivity contribution in [3.63, 3.8) is 0 Å². The van der Waals surface area contributed by atoms with Gasteiger partial charge >= 0.3 is 0 Å². The second-order valence-electron chi connectivity index (χ2n) is 8.88. The lowest BCUT2D eigenvalue weighted by molar-refractivity contribution is 0.191. The number of aromatic nitrogens is 5. The molecule has 3 aromatic heterocycles. The van der Waals surface area contributed by atoms with E-state index in [9.17, 15) is 8.42 Å².